The molecule has 0 radical (unpaired) electrons. The maximum absolute atomic E-state index is 12.6. The molecule has 26 heavy (non-hydrogen) atoms. The molecule has 0 saturated carbocycles. The van der Waals surface area contributed by atoms with Gasteiger partial charge in [0.15, 0.2) is 0 Å². The summed E-state index contributed by atoms with van der Waals surface area (Å²) >= 11 is 0. The van der Waals surface area contributed by atoms with E-state index in [4.69, 9.17) is 9.47 Å². The molecule has 3 rings (SSSR count). The molecule has 2 aromatic rings. The molecule has 8 heteroatoms. The van der Waals surface area contributed by atoms with Gasteiger partial charge in [-0.2, -0.15) is 4.72 Å². The lowest BCUT2D eigenvalue weighted by atomic mass is 10.2. The van der Waals surface area contributed by atoms with Crippen molar-refractivity contribution in [2.75, 3.05) is 25.7 Å². The lowest BCUT2D eigenvalue weighted by Crippen LogP contribution is -2.41. The maximum Gasteiger partial charge on any atom is 0.245 e. The molecule has 7 nitrogen and oxygen atoms in total. The van der Waals surface area contributed by atoms with Gasteiger partial charge in [-0.15, -0.1) is 0 Å². The monoisotopic (exact) mass is 376 g/mol. The topological polar surface area (TPSA) is 84.9 Å². The number of hydrogen-bond donors (Lipinski definition) is 1. The Morgan fingerprint density at radius 2 is 1.50 bits per heavy atom. The van der Waals surface area contributed by atoms with E-state index in [0.29, 0.717) is 30.2 Å². The maximum atomic E-state index is 12.6. The van der Waals surface area contributed by atoms with E-state index >= 15 is 0 Å². The summed E-state index contributed by atoms with van der Waals surface area (Å²) in [6.45, 7) is 0.445. The number of amides is 1. The van der Waals surface area contributed by atoms with E-state index in [-0.39, 0.29) is 10.8 Å². The van der Waals surface area contributed by atoms with Gasteiger partial charge in [-0.3, -0.25) is 4.79 Å². The lowest BCUT2D eigenvalue weighted by Gasteiger charge is -2.17. The van der Waals surface area contributed by atoms with Crippen LogP contribution in [-0.2, 0) is 14.8 Å². The summed E-state index contributed by atoms with van der Waals surface area (Å²) in [6, 6.07) is 12.3. The van der Waals surface area contributed by atoms with E-state index in [1.165, 1.54) is 19.2 Å². The Bertz CT molecular complexity index is 879. The summed E-state index contributed by atoms with van der Waals surface area (Å²) in [5.41, 5.74) is 0.710. The smallest absolute Gasteiger partial charge is 0.245 e. The first-order valence-corrected chi connectivity index (χ1v) is 9.55. The number of anilines is 1. The summed E-state index contributed by atoms with van der Waals surface area (Å²) in [7, 11) is -0.715. The van der Waals surface area contributed by atoms with Gasteiger partial charge in [0.25, 0.3) is 0 Å². The fraction of sp³-hybridized carbons (Fsp3) is 0.278. The fourth-order valence-corrected chi connectivity index (χ4v) is 4.04. The van der Waals surface area contributed by atoms with Gasteiger partial charge >= 0.3 is 0 Å². The molecule has 1 amide bonds. The molecule has 1 aliphatic rings. The van der Waals surface area contributed by atoms with Crippen LogP contribution in [0.15, 0.2) is 53.4 Å². The summed E-state index contributed by atoms with van der Waals surface area (Å²) in [4.78, 5) is 14.3. The summed E-state index contributed by atoms with van der Waals surface area (Å²) in [5, 5.41) is 0. The number of sulfonamides is 1. The number of benzene rings is 2. The summed E-state index contributed by atoms with van der Waals surface area (Å²) < 4.78 is 37.7. The van der Waals surface area contributed by atoms with Crippen LogP contribution in [0.1, 0.15) is 6.42 Å². The Labute approximate surface area is 152 Å². The number of ether oxygens (including phenoxy) is 2. The minimum atomic E-state index is -3.79. The van der Waals surface area contributed by atoms with E-state index in [9.17, 15) is 13.2 Å². The molecule has 0 aliphatic carbocycles. The highest BCUT2D eigenvalue weighted by molar-refractivity contribution is 7.89. The van der Waals surface area contributed by atoms with E-state index < -0.39 is 16.1 Å². The number of carbonyl (C=O) groups excluding carboxylic acids is 1. The second kappa shape index (κ2) is 7.35. The van der Waals surface area contributed by atoms with Crippen LogP contribution in [0.25, 0.3) is 0 Å². The molecule has 1 unspecified atom stereocenters. The van der Waals surface area contributed by atoms with E-state index in [2.05, 4.69) is 4.72 Å². The highest BCUT2D eigenvalue weighted by Gasteiger charge is 2.35. The van der Waals surface area contributed by atoms with Crippen molar-refractivity contribution in [2.24, 2.45) is 0 Å². The van der Waals surface area contributed by atoms with E-state index in [0.717, 1.165) is 0 Å². The van der Waals surface area contributed by atoms with Gasteiger partial charge in [-0.25, -0.2) is 8.42 Å². The second-order valence-corrected chi connectivity index (χ2v) is 7.54. The van der Waals surface area contributed by atoms with Gasteiger partial charge in [0.2, 0.25) is 15.9 Å². The molecule has 1 fully saturated rings. The van der Waals surface area contributed by atoms with Crippen molar-refractivity contribution in [1.29, 1.82) is 0 Å². The number of hydrogen-bond acceptors (Lipinski definition) is 5. The van der Waals surface area contributed by atoms with Crippen molar-refractivity contribution in [3.05, 3.63) is 48.5 Å². The third-order valence-electron chi connectivity index (χ3n) is 4.26. The van der Waals surface area contributed by atoms with Crippen LogP contribution in [0.3, 0.4) is 0 Å². The van der Waals surface area contributed by atoms with Gasteiger partial charge in [-0.05, 0) is 55.0 Å². The van der Waals surface area contributed by atoms with Crippen molar-refractivity contribution < 1.29 is 22.7 Å². The predicted molar refractivity (Wildman–Crippen MR) is 97.1 cm³/mol. The molecule has 0 spiro atoms. The third kappa shape index (κ3) is 3.66. The summed E-state index contributed by atoms with van der Waals surface area (Å²) in [5.74, 6) is 0.982. The first-order chi connectivity index (χ1) is 12.4. The SMILES string of the molecule is COc1ccc(N2CCC(NS(=O)(=O)c3ccc(OC)cc3)C2=O)cc1. The average Bonchev–Trinajstić information content (AvgIpc) is 3.01. The molecule has 1 heterocycles. The van der Waals surface area contributed by atoms with Crippen molar-refractivity contribution >= 4 is 21.6 Å². The number of methoxy groups -OCH3 is 2. The Morgan fingerprint density at radius 1 is 0.962 bits per heavy atom. The Kier molecular flexibility index (Phi) is 5.15. The third-order valence-corrected chi connectivity index (χ3v) is 5.74. The van der Waals surface area contributed by atoms with Crippen molar-refractivity contribution in [3.63, 3.8) is 0 Å². The number of nitrogens with zero attached hydrogens (tertiary/aromatic N) is 1. The molecular weight excluding hydrogens is 356 g/mol. The van der Waals surface area contributed by atoms with Crippen LogP contribution < -0.4 is 19.1 Å². The van der Waals surface area contributed by atoms with Gasteiger partial charge in [0.1, 0.15) is 17.5 Å². The van der Waals surface area contributed by atoms with Crippen LogP contribution in [0, 0.1) is 0 Å². The van der Waals surface area contributed by atoms with Crippen molar-refractivity contribution in [2.45, 2.75) is 17.4 Å². The average molecular weight is 376 g/mol. The first kappa shape index (κ1) is 18.2. The van der Waals surface area contributed by atoms with E-state index in [1.807, 2.05) is 0 Å². The van der Waals surface area contributed by atoms with Crippen LogP contribution >= 0.6 is 0 Å². The van der Waals surface area contributed by atoms with Crippen LogP contribution in [-0.4, -0.2) is 41.1 Å². The van der Waals surface area contributed by atoms with Gasteiger partial charge in [-0.1, -0.05) is 0 Å². The molecule has 1 N–H and O–H groups in total. The molecular formula is C18H20N2O5S. The largest absolute Gasteiger partial charge is 0.497 e. The zero-order valence-electron chi connectivity index (χ0n) is 14.5. The van der Waals surface area contributed by atoms with Crippen LogP contribution in [0.5, 0.6) is 11.5 Å². The van der Waals surface area contributed by atoms with Crippen LogP contribution in [0.2, 0.25) is 0 Å². The molecule has 0 aromatic heterocycles. The number of carbonyl (C=O) groups is 1. The molecule has 1 saturated heterocycles. The van der Waals surface area contributed by atoms with E-state index in [1.54, 1.807) is 48.4 Å². The molecule has 0 bridgehead atoms. The normalized spacial score (nSPS) is 17.4. The Hall–Kier alpha value is -2.58. The Morgan fingerprint density at radius 3 is 2.04 bits per heavy atom. The highest BCUT2D eigenvalue weighted by atomic mass is 32.2. The standard InChI is InChI=1S/C18H20N2O5S/c1-24-14-5-3-13(4-6-14)20-12-11-17(18(20)21)19-26(22,23)16-9-7-15(25-2)8-10-16/h3-10,17,19H,11-12H2,1-2H3. The van der Waals surface area contributed by atoms with Gasteiger partial charge in [0, 0.05) is 12.2 Å². The first-order valence-electron chi connectivity index (χ1n) is 8.06. The van der Waals surface area contributed by atoms with Crippen LogP contribution in [0.4, 0.5) is 5.69 Å². The zero-order chi connectivity index (χ0) is 18.7. The summed E-state index contributed by atoms with van der Waals surface area (Å²) in [6.07, 6.45) is 0.403. The minimum Gasteiger partial charge on any atom is -0.497 e. The number of rotatable bonds is 6. The minimum absolute atomic E-state index is 0.0917. The second-order valence-electron chi connectivity index (χ2n) is 5.83. The molecule has 2 aromatic carbocycles. The molecule has 1 atom stereocenters. The fourth-order valence-electron chi connectivity index (χ4n) is 2.82. The molecule has 1 aliphatic heterocycles. The zero-order valence-corrected chi connectivity index (χ0v) is 15.3. The quantitative estimate of drug-likeness (QED) is 0.831. The predicted octanol–water partition coefficient (Wildman–Crippen LogP) is 1.79. The molecule has 138 valence electrons. The highest BCUT2D eigenvalue weighted by Crippen LogP contribution is 2.25. The Balaban J connectivity index is 1.72. The van der Waals surface area contributed by atoms with Gasteiger partial charge in [0.05, 0.1) is 19.1 Å². The lowest BCUT2D eigenvalue weighted by molar-refractivity contribution is -0.118. The number of nitrogens with one attached hydrogen (secondary N) is 1. The van der Waals surface area contributed by atoms with Gasteiger partial charge < -0.3 is 14.4 Å². The van der Waals surface area contributed by atoms with Crippen molar-refractivity contribution in [3.8, 4) is 11.5 Å². The van der Waals surface area contributed by atoms with Crippen molar-refractivity contribution in [1.82, 2.24) is 4.72 Å².